The molecule has 5 rings (SSSR count). The van der Waals surface area contributed by atoms with E-state index in [-0.39, 0.29) is 52.7 Å². The zero-order valence-corrected chi connectivity index (χ0v) is 17.8. The van der Waals surface area contributed by atoms with Crippen LogP contribution in [-0.4, -0.2) is 65.6 Å². The largest absolute Gasteiger partial charge is 0.449 e. The number of Topliss-reactive ketones (excluding diaryl/α,β-unsaturated/α-hetero) is 2. The van der Waals surface area contributed by atoms with Crippen LogP contribution in [0.1, 0.15) is 6.92 Å². The molecule has 3 aliphatic heterocycles. The van der Waals surface area contributed by atoms with E-state index in [1.54, 1.807) is 11.8 Å². The maximum atomic E-state index is 13.7. The van der Waals surface area contributed by atoms with Crippen molar-refractivity contribution in [2.24, 2.45) is 11.7 Å². The van der Waals surface area contributed by atoms with Gasteiger partial charge in [-0.1, -0.05) is 0 Å². The normalized spacial score (nSPS) is 29.6. The number of non-ortho nitro benzene ring substituents is 1. The minimum Gasteiger partial charge on any atom is -0.449 e. The van der Waals surface area contributed by atoms with Gasteiger partial charge in [0.2, 0.25) is 11.6 Å². The maximum absolute atomic E-state index is 13.7. The third-order valence-electron chi connectivity index (χ3n) is 6.78. The molecule has 12 nitrogen and oxygen atoms in total. The van der Waals surface area contributed by atoms with E-state index < -0.39 is 28.4 Å². The third kappa shape index (κ3) is 2.87. The van der Waals surface area contributed by atoms with Crippen LogP contribution in [0.4, 0.5) is 16.2 Å². The van der Waals surface area contributed by atoms with Gasteiger partial charge in [-0.15, -0.1) is 0 Å². The molecule has 1 amide bonds. The number of methoxy groups -OCH3 is 1. The number of nitrogens with zero attached hydrogens (tertiary/aromatic N) is 2. The highest BCUT2D eigenvalue weighted by atomic mass is 16.6. The van der Waals surface area contributed by atoms with E-state index in [4.69, 9.17) is 15.2 Å². The standard InChI is InChI=1S/C21H21N5O7/c1-9-15(23-10-3-5-11(6-4-10)26(30)31)18(28)14-12(8-33-20(22)29)21(32-2)19-13(24-19)7-25(21)16(14)17(9)27/h3-6,12-13,19,23-24H,7-8H2,1-2H3,(H2,22,29)/t12?,13?,19?,21-/m1/s1. The van der Waals surface area contributed by atoms with Gasteiger partial charge in [0.1, 0.15) is 6.61 Å². The Bertz CT molecular complexity index is 1170. The molecule has 4 N–H and O–H groups in total. The molecule has 1 aliphatic carbocycles. The van der Waals surface area contributed by atoms with E-state index in [0.717, 1.165) is 0 Å². The van der Waals surface area contributed by atoms with E-state index in [9.17, 15) is 24.5 Å². The van der Waals surface area contributed by atoms with Gasteiger partial charge in [-0.05, 0) is 19.1 Å². The number of fused-ring (bicyclic) bond motifs is 4. The number of rotatable bonds is 6. The molecule has 12 heteroatoms. The number of carbonyl (C=O) groups is 3. The quantitative estimate of drug-likeness (QED) is 0.236. The van der Waals surface area contributed by atoms with E-state index >= 15 is 0 Å². The summed E-state index contributed by atoms with van der Waals surface area (Å²) >= 11 is 0. The molecule has 0 saturated carbocycles. The van der Waals surface area contributed by atoms with Crippen molar-refractivity contribution in [2.75, 3.05) is 25.6 Å². The molecule has 1 aromatic rings. The van der Waals surface area contributed by atoms with E-state index in [1.807, 2.05) is 0 Å². The summed E-state index contributed by atoms with van der Waals surface area (Å²) in [5, 5.41) is 17.1. The third-order valence-corrected chi connectivity index (χ3v) is 6.78. The highest BCUT2D eigenvalue weighted by Crippen LogP contribution is 2.55. The molecule has 0 aromatic heterocycles. The minimum absolute atomic E-state index is 0.0596. The minimum atomic E-state index is -1.06. The van der Waals surface area contributed by atoms with Crippen molar-refractivity contribution in [1.29, 1.82) is 0 Å². The Morgan fingerprint density at radius 2 is 2.03 bits per heavy atom. The molecule has 3 unspecified atom stereocenters. The first-order chi connectivity index (χ1) is 15.7. The summed E-state index contributed by atoms with van der Waals surface area (Å²) < 4.78 is 11.0. The lowest BCUT2D eigenvalue weighted by molar-refractivity contribution is -0.384. The number of amides is 1. The van der Waals surface area contributed by atoms with Gasteiger partial charge in [0.05, 0.1) is 28.3 Å². The van der Waals surface area contributed by atoms with Crippen LogP contribution in [0.15, 0.2) is 46.8 Å². The number of allylic oxidation sites excluding steroid dienone is 2. The smallest absolute Gasteiger partial charge is 0.404 e. The highest BCUT2D eigenvalue weighted by Gasteiger charge is 2.72. The summed E-state index contributed by atoms with van der Waals surface area (Å²) in [6, 6.07) is 5.47. The van der Waals surface area contributed by atoms with Crippen molar-refractivity contribution in [3.8, 4) is 0 Å². The van der Waals surface area contributed by atoms with Crippen molar-refractivity contribution in [2.45, 2.75) is 24.7 Å². The van der Waals surface area contributed by atoms with Crippen molar-refractivity contribution in [1.82, 2.24) is 10.2 Å². The average Bonchev–Trinajstić information content (AvgIpc) is 3.40. The number of piperazine rings is 1. The van der Waals surface area contributed by atoms with Gasteiger partial charge in [0.15, 0.2) is 5.72 Å². The lowest BCUT2D eigenvalue weighted by Gasteiger charge is -2.39. The molecule has 33 heavy (non-hydrogen) atoms. The van der Waals surface area contributed by atoms with Crippen LogP contribution >= 0.6 is 0 Å². The van der Waals surface area contributed by atoms with Gasteiger partial charge < -0.3 is 30.7 Å². The second kappa shape index (κ2) is 7.12. The number of anilines is 1. The van der Waals surface area contributed by atoms with Gasteiger partial charge in [0, 0.05) is 48.7 Å². The van der Waals surface area contributed by atoms with Gasteiger partial charge in [-0.2, -0.15) is 0 Å². The molecule has 0 radical (unpaired) electrons. The molecule has 2 saturated heterocycles. The Morgan fingerprint density at radius 1 is 1.33 bits per heavy atom. The number of ether oxygens (including phenoxy) is 2. The van der Waals surface area contributed by atoms with E-state index in [2.05, 4.69) is 10.6 Å². The van der Waals surface area contributed by atoms with Crippen LogP contribution in [0.2, 0.25) is 0 Å². The lowest BCUT2D eigenvalue weighted by Crippen LogP contribution is -2.55. The first-order valence-corrected chi connectivity index (χ1v) is 10.3. The molecule has 0 spiro atoms. The monoisotopic (exact) mass is 455 g/mol. The van der Waals surface area contributed by atoms with Crippen LogP contribution in [0.5, 0.6) is 0 Å². The van der Waals surface area contributed by atoms with E-state index in [1.165, 1.54) is 31.4 Å². The number of hydrogen-bond donors (Lipinski definition) is 3. The average molecular weight is 455 g/mol. The van der Waals surface area contributed by atoms with Gasteiger partial charge in [-0.25, -0.2) is 4.79 Å². The Balaban J connectivity index is 1.53. The first kappa shape index (κ1) is 21.1. The van der Waals surface area contributed by atoms with Gasteiger partial charge in [0.25, 0.3) is 5.69 Å². The fraction of sp³-hybridized carbons (Fsp3) is 0.381. The van der Waals surface area contributed by atoms with Gasteiger partial charge in [-0.3, -0.25) is 19.7 Å². The first-order valence-electron chi connectivity index (χ1n) is 10.3. The second-order valence-corrected chi connectivity index (χ2v) is 8.35. The molecule has 172 valence electrons. The number of nitrogens with one attached hydrogen (secondary N) is 2. The number of benzene rings is 1. The molecule has 4 atom stereocenters. The fourth-order valence-electron chi connectivity index (χ4n) is 5.25. The zero-order valence-electron chi connectivity index (χ0n) is 17.8. The predicted octanol–water partition coefficient (Wildman–Crippen LogP) is 0.410. The molecular weight excluding hydrogens is 434 g/mol. The number of hydrogen-bond acceptors (Lipinski definition) is 10. The van der Waals surface area contributed by atoms with E-state index in [0.29, 0.717) is 12.2 Å². The zero-order chi connectivity index (χ0) is 23.7. The van der Waals surface area contributed by atoms with Crippen LogP contribution in [0.3, 0.4) is 0 Å². The number of nitro groups is 1. The summed E-state index contributed by atoms with van der Waals surface area (Å²) in [7, 11) is 1.50. The molecule has 2 fully saturated rings. The Kier molecular flexibility index (Phi) is 4.55. The van der Waals surface area contributed by atoms with Crippen molar-refractivity contribution in [3.05, 3.63) is 56.9 Å². The molecule has 1 aromatic carbocycles. The Morgan fingerprint density at radius 3 is 2.64 bits per heavy atom. The molecule has 0 bridgehead atoms. The molecule has 3 heterocycles. The molecule has 4 aliphatic rings. The summed E-state index contributed by atoms with van der Waals surface area (Å²) in [5.74, 6) is -1.51. The topological polar surface area (TPSA) is 176 Å². The van der Waals surface area contributed by atoms with Crippen LogP contribution < -0.4 is 16.4 Å². The number of ketones is 2. The van der Waals surface area contributed by atoms with Crippen molar-refractivity contribution in [3.63, 3.8) is 0 Å². The summed E-state index contributed by atoms with van der Waals surface area (Å²) in [6.07, 6.45) is -0.995. The maximum Gasteiger partial charge on any atom is 0.404 e. The highest BCUT2D eigenvalue weighted by molar-refractivity contribution is 6.26. The van der Waals surface area contributed by atoms with Crippen molar-refractivity contribution >= 4 is 29.0 Å². The van der Waals surface area contributed by atoms with Crippen LogP contribution in [0.25, 0.3) is 0 Å². The van der Waals surface area contributed by atoms with Gasteiger partial charge >= 0.3 is 6.09 Å². The predicted molar refractivity (Wildman–Crippen MR) is 113 cm³/mol. The number of nitro benzene ring substituents is 1. The van der Waals surface area contributed by atoms with Crippen LogP contribution in [-0.2, 0) is 19.1 Å². The number of nitrogens with two attached hydrogens (primary N) is 1. The van der Waals surface area contributed by atoms with Crippen LogP contribution in [0, 0.1) is 16.0 Å². The summed E-state index contributed by atoms with van der Waals surface area (Å²) in [6.45, 7) is 1.79. The summed E-state index contributed by atoms with van der Waals surface area (Å²) in [4.78, 5) is 50.7. The second-order valence-electron chi connectivity index (χ2n) is 8.35. The molecular formula is C21H21N5O7. The summed E-state index contributed by atoms with van der Waals surface area (Å²) in [5.41, 5.74) is 5.16. The van der Waals surface area contributed by atoms with Crippen molar-refractivity contribution < 1.29 is 28.8 Å². The number of primary amides is 1. The Hall–Kier alpha value is -3.77. The Labute approximate surface area is 187 Å². The fourth-order valence-corrected chi connectivity index (χ4v) is 5.25. The SMILES string of the molecule is CO[C@@]12C(COC(N)=O)C3=C(C(=O)C(C)=C(Nc4ccc([N+](=O)[O-])cc4)C3=O)N1CC1NC12. The number of carbonyl (C=O) groups excluding carboxylic acids is 3. The lowest BCUT2D eigenvalue weighted by atomic mass is 9.82.